The molecule has 0 bridgehead atoms. The van der Waals surface area contributed by atoms with E-state index in [1.807, 2.05) is 4.90 Å². The minimum Gasteiger partial charge on any atom is -0.507 e. The summed E-state index contributed by atoms with van der Waals surface area (Å²) in [6, 6.07) is 1.83. The van der Waals surface area contributed by atoms with Crippen molar-refractivity contribution in [3.05, 3.63) is 63.1 Å². The van der Waals surface area contributed by atoms with E-state index in [2.05, 4.69) is 0 Å². The number of hydrogen-bond acceptors (Lipinski definition) is 6. The first-order valence-corrected chi connectivity index (χ1v) is 10.7. The number of phenolic OH excluding ortho intramolecular Hbond substituents is 2. The number of phenols is 2. The summed E-state index contributed by atoms with van der Waals surface area (Å²) >= 11 is 0. The Labute approximate surface area is 195 Å². The van der Waals surface area contributed by atoms with Gasteiger partial charge in [-0.15, -0.1) is 0 Å². The van der Waals surface area contributed by atoms with Crippen LogP contribution in [0.25, 0.3) is 17.0 Å². The normalized spacial score (nSPS) is 28.5. The maximum atomic E-state index is 14.5. The molecule has 1 aliphatic carbocycles. The molecule has 1 saturated heterocycles. The molecule has 2 heterocycles. The fourth-order valence-corrected chi connectivity index (χ4v) is 4.54. The molecule has 2 aliphatic rings. The first-order chi connectivity index (χ1) is 16.4. The van der Waals surface area contributed by atoms with Gasteiger partial charge in [0, 0.05) is 30.2 Å². The SMILES string of the molecule is CN1CCC(c2c(O)cc(O)c3c(=O)cc(/C=C/C4(C)C(F)=C(F)C(F)=C(F)C4F)oc23)C(O)C1. The van der Waals surface area contributed by atoms with E-state index in [9.17, 15) is 42.1 Å². The maximum absolute atomic E-state index is 14.5. The van der Waals surface area contributed by atoms with Crippen LogP contribution in [0.15, 0.2) is 50.7 Å². The Kier molecular flexibility index (Phi) is 6.26. The Morgan fingerprint density at radius 1 is 1.14 bits per heavy atom. The first-order valence-electron chi connectivity index (χ1n) is 10.7. The minimum absolute atomic E-state index is 0.0613. The lowest BCUT2D eigenvalue weighted by Crippen LogP contribution is -2.40. The van der Waals surface area contributed by atoms with Crippen LogP contribution in [0.3, 0.4) is 0 Å². The van der Waals surface area contributed by atoms with Gasteiger partial charge in [-0.25, -0.2) is 22.0 Å². The summed E-state index contributed by atoms with van der Waals surface area (Å²) in [5.41, 5.74) is -3.55. The summed E-state index contributed by atoms with van der Waals surface area (Å²) in [7, 11) is 1.79. The third-order valence-corrected chi connectivity index (χ3v) is 6.58. The molecule has 35 heavy (non-hydrogen) atoms. The predicted molar refractivity (Wildman–Crippen MR) is 117 cm³/mol. The van der Waals surface area contributed by atoms with E-state index in [1.165, 1.54) is 0 Å². The van der Waals surface area contributed by atoms with Crippen LogP contribution in [0, 0.1) is 5.41 Å². The molecule has 1 fully saturated rings. The van der Waals surface area contributed by atoms with E-state index < -0.39 is 63.8 Å². The number of aromatic hydroxyl groups is 2. The van der Waals surface area contributed by atoms with Gasteiger partial charge in [-0.2, -0.15) is 0 Å². The highest BCUT2D eigenvalue weighted by molar-refractivity contribution is 5.89. The second-order valence-corrected chi connectivity index (χ2v) is 9.04. The van der Waals surface area contributed by atoms with Gasteiger partial charge in [-0.05, 0) is 33.0 Å². The van der Waals surface area contributed by atoms with Gasteiger partial charge in [0.2, 0.25) is 0 Å². The average molecular weight is 499 g/mol. The summed E-state index contributed by atoms with van der Waals surface area (Å²) in [6.07, 6.45) is -1.88. The number of piperidine rings is 1. The molecule has 0 amide bonds. The number of alkyl halides is 1. The molecule has 1 aromatic heterocycles. The number of aliphatic hydroxyl groups is 1. The zero-order valence-electron chi connectivity index (χ0n) is 18.7. The van der Waals surface area contributed by atoms with Gasteiger partial charge in [0.15, 0.2) is 34.9 Å². The monoisotopic (exact) mass is 499 g/mol. The van der Waals surface area contributed by atoms with Crippen molar-refractivity contribution in [1.82, 2.24) is 4.90 Å². The zero-order chi connectivity index (χ0) is 25.8. The smallest absolute Gasteiger partial charge is 0.197 e. The van der Waals surface area contributed by atoms with E-state index in [0.717, 1.165) is 25.1 Å². The zero-order valence-corrected chi connectivity index (χ0v) is 18.7. The Morgan fingerprint density at radius 3 is 2.49 bits per heavy atom. The average Bonchev–Trinajstić information content (AvgIpc) is 2.80. The third kappa shape index (κ3) is 4.02. The van der Waals surface area contributed by atoms with E-state index in [0.29, 0.717) is 19.0 Å². The number of allylic oxidation sites excluding steroid dienone is 5. The molecule has 188 valence electrons. The molecule has 1 aliphatic heterocycles. The highest BCUT2D eigenvalue weighted by Crippen LogP contribution is 2.49. The second-order valence-electron chi connectivity index (χ2n) is 9.04. The van der Waals surface area contributed by atoms with Crippen molar-refractivity contribution in [2.24, 2.45) is 5.41 Å². The second kappa shape index (κ2) is 8.80. The van der Waals surface area contributed by atoms with Crippen LogP contribution in [0.1, 0.15) is 30.6 Å². The molecule has 6 nitrogen and oxygen atoms in total. The molecule has 11 heteroatoms. The number of benzene rings is 1. The fraction of sp³-hybridized carbons (Fsp3) is 0.375. The molecule has 4 rings (SSSR count). The van der Waals surface area contributed by atoms with Crippen molar-refractivity contribution in [3.63, 3.8) is 0 Å². The number of halogens is 5. The number of nitrogens with zero attached hydrogens (tertiary/aromatic N) is 1. The minimum atomic E-state index is -2.89. The van der Waals surface area contributed by atoms with Crippen molar-refractivity contribution < 1.29 is 41.7 Å². The van der Waals surface area contributed by atoms with E-state index in [4.69, 9.17) is 4.42 Å². The van der Waals surface area contributed by atoms with Crippen molar-refractivity contribution in [1.29, 1.82) is 0 Å². The number of β-amino-alcohol motifs (C(OH)–C–C–N with tert-alkyl or cyclic N) is 1. The highest BCUT2D eigenvalue weighted by Gasteiger charge is 2.48. The van der Waals surface area contributed by atoms with Gasteiger partial charge in [0.1, 0.15) is 28.2 Å². The maximum Gasteiger partial charge on any atom is 0.197 e. The number of fused-ring (bicyclic) bond motifs is 1. The van der Waals surface area contributed by atoms with Crippen molar-refractivity contribution >= 4 is 17.0 Å². The lowest BCUT2D eigenvalue weighted by atomic mass is 9.79. The van der Waals surface area contributed by atoms with Gasteiger partial charge < -0.3 is 24.6 Å². The van der Waals surface area contributed by atoms with E-state index in [1.54, 1.807) is 7.05 Å². The van der Waals surface area contributed by atoms with Crippen LogP contribution in [-0.4, -0.2) is 52.6 Å². The predicted octanol–water partition coefficient (Wildman–Crippen LogP) is 4.66. The largest absolute Gasteiger partial charge is 0.507 e. The van der Waals surface area contributed by atoms with Gasteiger partial charge >= 0.3 is 0 Å². The molecule has 0 spiro atoms. The Hall–Kier alpha value is -3.18. The Bertz CT molecular complexity index is 1350. The molecule has 0 radical (unpaired) electrons. The number of rotatable bonds is 3. The van der Waals surface area contributed by atoms with Gasteiger partial charge in [0.25, 0.3) is 0 Å². The summed E-state index contributed by atoms with van der Waals surface area (Å²) in [6.45, 7) is 1.61. The van der Waals surface area contributed by atoms with Crippen LogP contribution in [-0.2, 0) is 0 Å². The number of likely N-dealkylation sites (N-methyl/N-ethyl adjacent to an activating group) is 1. The quantitative estimate of drug-likeness (QED) is 0.532. The molecular weight excluding hydrogens is 477 g/mol. The first kappa shape index (κ1) is 24.9. The van der Waals surface area contributed by atoms with Crippen LogP contribution in [0.5, 0.6) is 11.5 Å². The topological polar surface area (TPSA) is 94.1 Å². The highest BCUT2D eigenvalue weighted by atomic mass is 19.2. The molecule has 2 aromatic rings. The van der Waals surface area contributed by atoms with E-state index in [-0.39, 0.29) is 28.8 Å². The fourth-order valence-electron chi connectivity index (χ4n) is 4.54. The summed E-state index contributed by atoms with van der Waals surface area (Å²) < 4.78 is 75.5. The molecular formula is C24H22F5NO5. The van der Waals surface area contributed by atoms with E-state index >= 15 is 0 Å². The lowest BCUT2D eigenvalue weighted by molar-refractivity contribution is 0.0630. The van der Waals surface area contributed by atoms with Gasteiger partial charge in [-0.1, -0.05) is 6.08 Å². The molecule has 4 unspecified atom stereocenters. The Balaban J connectivity index is 1.85. The molecule has 4 atom stereocenters. The molecule has 0 saturated carbocycles. The van der Waals surface area contributed by atoms with Gasteiger partial charge in [0.05, 0.1) is 11.5 Å². The molecule has 3 N–H and O–H groups in total. The standard InChI is InChI=1S/C24H22F5NO5/c1-24(22(28)19(26)18(25)20(27)23(24)29)5-3-10-7-12(31)17-14(33)8-13(32)16(21(17)35-10)11-4-6-30(2)9-15(11)34/h3,5,7-8,11,15,22,32-34H,4,6,9H2,1-2H3/b5-3+. The van der Waals surface area contributed by atoms with Crippen molar-refractivity contribution in [3.8, 4) is 11.5 Å². The van der Waals surface area contributed by atoms with Gasteiger partial charge in [-0.3, -0.25) is 4.79 Å². The van der Waals surface area contributed by atoms with Crippen LogP contribution in [0.4, 0.5) is 22.0 Å². The number of hydrogen-bond donors (Lipinski definition) is 3. The lowest BCUT2D eigenvalue weighted by Gasteiger charge is -2.34. The van der Waals surface area contributed by atoms with Crippen LogP contribution in [0.2, 0.25) is 0 Å². The molecule has 1 aromatic carbocycles. The summed E-state index contributed by atoms with van der Waals surface area (Å²) in [5, 5.41) is 31.1. The number of aliphatic hydroxyl groups excluding tert-OH is 1. The van der Waals surface area contributed by atoms with Crippen molar-refractivity contribution in [2.75, 3.05) is 20.1 Å². The summed E-state index contributed by atoms with van der Waals surface area (Å²) in [4.78, 5) is 14.6. The van der Waals surface area contributed by atoms with Crippen molar-refractivity contribution in [2.45, 2.75) is 31.5 Å². The van der Waals surface area contributed by atoms with Crippen LogP contribution >= 0.6 is 0 Å². The third-order valence-electron chi connectivity index (χ3n) is 6.58. The Morgan fingerprint density at radius 2 is 1.83 bits per heavy atom. The van der Waals surface area contributed by atoms with Crippen LogP contribution < -0.4 is 5.43 Å². The number of likely N-dealkylation sites (tertiary alicyclic amines) is 1. The summed E-state index contributed by atoms with van der Waals surface area (Å²) in [5.74, 6) is -10.4.